The van der Waals surface area contributed by atoms with Crippen LogP contribution >= 0.6 is 0 Å². The van der Waals surface area contributed by atoms with Crippen molar-refractivity contribution in [3.8, 4) is 0 Å². The van der Waals surface area contributed by atoms with Crippen LogP contribution < -0.4 is 5.32 Å². The molecular weight excluding hydrogens is 196 g/mol. The lowest BCUT2D eigenvalue weighted by atomic mass is 10.3. The number of nitrogens with zero attached hydrogens (tertiary/aromatic N) is 1. The van der Waals surface area contributed by atoms with Crippen molar-refractivity contribution in [3.63, 3.8) is 0 Å². The highest BCUT2D eigenvalue weighted by atomic mass is 16.5. The van der Waals surface area contributed by atoms with Gasteiger partial charge in [-0.3, -0.25) is 9.59 Å². The predicted molar refractivity (Wildman–Crippen MR) is 57.4 cm³/mol. The van der Waals surface area contributed by atoms with Crippen LogP contribution in [0.25, 0.3) is 0 Å². The van der Waals surface area contributed by atoms with E-state index in [4.69, 9.17) is 4.74 Å². The molecular formula is C10H20N2O3. The summed E-state index contributed by atoms with van der Waals surface area (Å²) in [6.07, 6.45) is 0. The molecule has 0 aliphatic heterocycles. The zero-order valence-electron chi connectivity index (χ0n) is 9.87. The molecule has 0 saturated carbocycles. The quantitative estimate of drug-likeness (QED) is 0.635. The van der Waals surface area contributed by atoms with Crippen LogP contribution in [0.1, 0.15) is 20.8 Å². The van der Waals surface area contributed by atoms with Crippen molar-refractivity contribution in [1.29, 1.82) is 0 Å². The average molecular weight is 216 g/mol. The molecule has 0 heterocycles. The van der Waals surface area contributed by atoms with Crippen LogP contribution in [0, 0.1) is 0 Å². The molecule has 0 spiro atoms. The number of esters is 1. The summed E-state index contributed by atoms with van der Waals surface area (Å²) in [5.74, 6) is -0.462. The summed E-state index contributed by atoms with van der Waals surface area (Å²) < 4.78 is 4.80. The SMILES string of the molecule is CCOC(=O)CN(C(=O)CNC)C(C)C. The first-order valence-corrected chi connectivity index (χ1v) is 5.12. The van der Waals surface area contributed by atoms with Crippen molar-refractivity contribution in [1.82, 2.24) is 10.2 Å². The van der Waals surface area contributed by atoms with Crippen LogP contribution in [0.4, 0.5) is 0 Å². The Labute approximate surface area is 90.8 Å². The third-order valence-corrected chi connectivity index (χ3v) is 1.88. The number of nitrogens with one attached hydrogen (secondary N) is 1. The minimum Gasteiger partial charge on any atom is -0.465 e. The first kappa shape index (κ1) is 13.9. The molecule has 0 aromatic heterocycles. The molecule has 0 radical (unpaired) electrons. The first-order valence-electron chi connectivity index (χ1n) is 5.12. The minimum absolute atomic E-state index is 0.00439. The number of amides is 1. The van der Waals surface area contributed by atoms with E-state index in [1.54, 1.807) is 14.0 Å². The molecule has 15 heavy (non-hydrogen) atoms. The third-order valence-electron chi connectivity index (χ3n) is 1.88. The number of carbonyl (C=O) groups is 2. The smallest absolute Gasteiger partial charge is 0.325 e. The van der Waals surface area contributed by atoms with Crippen LogP contribution in [-0.4, -0.2) is 49.6 Å². The molecule has 0 bridgehead atoms. The monoisotopic (exact) mass is 216 g/mol. The Kier molecular flexibility index (Phi) is 6.70. The second-order valence-corrected chi connectivity index (χ2v) is 3.45. The molecule has 0 rings (SSSR count). The van der Waals surface area contributed by atoms with Crippen molar-refractivity contribution in [3.05, 3.63) is 0 Å². The maximum atomic E-state index is 11.6. The van der Waals surface area contributed by atoms with Crippen molar-refractivity contribution in [2.75, 3.05) is 26.7 Å². The minimum atomic E-state index is -0.365. The molecule has 0 saturated heterocycles. The predicted octanol–water partition coefficient (Wildman–Crippen LogP) is 0.00590. The van der Waals surface area contributed by atoms with E-state index in [1.165, 1.54) is 4.90 Å². The van der Waals surface area contributed by atoms with Gasteiger partial charge in [-0.1, -0.05) is 0 Å². The highest BCUT2D eigenvalue weighted by molar-refractivity contribution is 5.83. The van der Waals surface area contributed by atoms with Gasteiger partial charge in [0.15, 0.2) is 0 Å². The first-order chi connectivity index (χ1) is 7.02. The van der Waals surface area contributed by atoms with E-state index in [0.717, 1.165) is 0 Å². The van der Waals surface area contributed by atoms with Gasteiger partial charge in [-0.15, -0.1) is 0 Å². The normalized spacial score (nSPS) is 10.2. The van der Waals surface area contributed by atoms with Gasteiger partial charge < -0.3 is 15.0 Å². The molecule has 88 valence electrons. The number of carbonyl (C=O) groups excluding carboxylic acids is 2. The van der Waals surface area contributed by atoms with E-state index in [2.05, 4.69) is 5.32 Å². The van der Waals surface area contributed by atoms with Crippen molar-refractivity contribution in [2.45, 2.75) is 26.8 Å². The largest absolute Gasteiger partial charge is 0.465 e. The van der Waals surface area contributed by atoms with Crippen molar-refractivity contribution in [2.24, 2.45) is 0 Å². The summed E-state index contributed by atoms with van der Waals surface area (Å²) in [5.41, 5.74) is 0. The van der Waals surface area contributed by atoms with Gasteiger partial charge in [0.05, 0.1) is 13.2 Å². The summed E-state index contributed by atoms with van der Waals surface area (Å²) in [7, 11) is 1.70. The lowest BCUT2D eigenvalue weighted by Gasteiger charge is -2.25. The van der Waals surface area contributed by atoms with E-state index in [1.807, 2.05) is 13.8 Å². The number of hydrogen-bond donors (Lipinski definition) is 1. The maximum Gasteiger partial charge on any atom is 0.325 e. The standard InChI is InChI=1S/C10H20N2O3/c1-5-15-10(14)7-12(8(2)3)9(13)6-11-4/h8,11H,5-7H2,1-4H3. The van der Waals surface area contributed by atoms with E-state index >= 15 is 0 Å². The van der Waals surface area contributed by atoms with E-state index in [-0.39, 0.29) is 31.0 Å². The number of rotatable bonds is 6. The molecule has 0 aromatic carbocycles. The van der Waals surface area contributed by atoms with Crippen LogP contribution in [0.5, 0.6) is 0 Å². The summed E-state index contributed by atoms with van der Waals surface area (Å²) in [6, 6.07) is -0.00439. The summed E-state index contributed by atoms with van der Waals surface area (Å²) in [5, 5.41) is 2.76. The van der Waals surface area contributed by atoms with Gasteiger partial charge in [-0.2, -0.15) is 0 Å². The Morgan fingerprint density at radius 1 is 1.40 bits per heavy atom. The van der Waals surface area contributed by atoms with Crippen LogP contribution in [-0.2, 0) is 14.3 Å². The lowest BCUT2D eigenvalue weighted by molar-refractivity contribution is -0.149. The van der Waals surface area contributed by atoms with Crippen molar-refractivity contribution >= 4 is 11.9 Å². The Hall–Kier alpha value is -1.10. The molecule has 0 aliphatic rings. The molecule has 0 atom stereocenters. The van der Waals surface area contributed by atoms with Crippen LogP contribution in [0.3, 0.4) is 0 Å². The second kappa shape index (κ2) is 7.23. The number of hydrogen-bond acceptors (Lipinski definition) is 4. The molecule has 5 heteroatoms. The molecule has 1 amide bonds. The Balaban J connectivity index is 4.27. The Morgan fingerprint density at radius 2 is 2.00 bits per heavy atom. The summed E-state index contributed by atoms with van der Waals surface area (Å²) in [4.78, 5) is 24.3. The highest BCUT2D eigenvalue weighted by Crippen LogP contribution is 1.99. The lowest BCUT2D eigenvalue weighted by Crippen LogP contribution is -2.44. The summed E-state index contributed by atoms with van der Waals surface area (Å²) >= 11 is 0. The van der Waals surface area contributed by atoms with E-state index < -0.39 is 0 Å². The fourth-order valence-corrected chi connectivity index (χ4v) is 1.16. The topological polar surface area (TPSA) is 58.6 Å². The molecule has 5 nitrogen and oxygen atoms in total. The second-order valence-electron chi connectivity index (χ2n) is 3.45. The van der Waals surface area contributed by atoms with Gasteiger partial charge in [0.25, 0.3) is 0 Å². The molecule has 1 N–H and O–H groups in total. The van der Waals surface area contributed by atoms with Crippen molar-refractivity contribution < 1.29 is 14.3 Å². The van der Waals surface area contributed by atoms with Crippen LogP contribution in [0.2, 0.25) is 0 Å². The molecule has 0 aromatic rings. The fourth-order valence-electron chi connectivity index (χ4n) is 1.16. The Morgan fingerprint density at radius 3 is 2.40 bits per heavy atom. The number of likely N-dealkylation sites (N-methyl/N-ethyl adjacent to an activating group) is 1. The van der Waals surface area contributed by atoms with Gasteiger partial charge in [0.2, 0.25) is 5.91 Å². The third kappa shape index (κ3) is 5.37. The molecule has 0 unspecified atom stereocenters. The van der Waals surface area contributed by atoms with Gasteiger partial charge >= 0.3 is 5.97 Å². The average Bonchev–Trinajstić information content (AvgIpc) is 2.14. The zero-order chi connectivity index (χ0) is 11.8. The van der Waals surface area contributed by atoms with Gasteiger partial charge in [-0.05, 0) is 27.8 Å². The zero-order valence-corrected chi connectivity index (χ0v) is 9.87. The molecule has 0 fully saturated rings. The fraction of sp³-hybridized carbons (Fsp3) is 0.800. The number of ether oxygens (including phenoxy) is 1. The molecule has 0 aliphatic carbocycles. The van der Waals surface area contributed by atoms with E-state index in [9.17, 15) is 9.59 Å². The van der Waals surface area contributed by atoms with Gasteiger partial charge in [-0.25, -0.2) is 0 Å². The van der Waals surface area contributed by atoms with Crippen LogP contribution in [0.15, 0.2) is 0 Å². The van der Waals surface area contributed by atoms with Gasteiger partial charge in [0.1, 0.15) is 6.54 Å². The van der Waals surface area contributed by atoms with E-state index in [0.29, 0.717) is 6.61 Å². The Bertz CT molecular complexity index is 217. The highest BCUT2D eigenvalue weighted by Gasteiger charge is 2.19. The maximum absolute atomic E-state index is 11.6. The van der Waals surface area contributed by atoms with Gasteiger partial charge in [0, 0.05) is 6.04 Å². The summed E-state index contributed by atoms with van der Waals surface area (Å²) in [6.45, 7) is 6.07.